The van der Waals surface area contributed by atoms with Crippen molar-refractivity contribution in [2.24, 2.45) is 0 Å². The third-order valence-electron chi connectivity index (χ3n) is 2.70. The molecule has 0 aliphatic rings. The lowest BCUT2D eigenvalue weighted by Gasteiger charge is -2.11. The summed E-state index contributed by atoms with van der Waals surface area (Å²) in [5.74, 6) is -1.14. The molecule has 0 bridgehead atoms. The molecule has 0 saturated heterocycles. The maximum absolute atomic E-state index is 13.5. The van der Waals surface area contributed by atoms with Crippen LogP contribution in [-0.4, -0.2) is 15.3 Å². The van der Waals surface area contributed by atoms with E-state index in [4.69, 9.17) is 5.21 Å². The van der Waals surface area contributed by atoms with Gasteiger partial charge in [0, 0.05) is 4.88 Å². The van der Waals surface area contributed by atoms with Crippen LogP contribution in [0.4, 0.5) is 4.39 Å². The van der Waals surface area contributed by atoms with Gasteiger partial charge in [0.25, 0.3) is 5.91 Å². The van der Waals surface area contributed by atoms with E-state index in [9.17, 15) is 13.4 Å². The van der Waals surface area contributed by atoms with E-state index in [2.05, 4.69) is 4.72 Å². The SMILES string of the molecule is CC(NS(=O)c1ccccc1F)c1ccc(C(=O)NO)s1. The van der Waals surface area contributed by atoms with Crippen LogP contribution in [0.2, 0.25) is 0 Å². The van der Waals surface area contributed by atoms with Crippen molar-refractivity contribution >= 4 is 28.2 Å². The lowest BCUT2D eigenvalue weighted by molar-refractivity contribution is 0.0711. The highest BCUT2D eigenvalue weighted by Gasteiger charge is 2.16. The molecule has 0 spiro atoms. The number of benzene rings is 1. The predicted molar refractivity (Wildman–Crippen MR) is 77.9 cm³/mol. The van der Waals surface area contributed by atoms with Crippen molar-refractivity contribution in [3.63, 3.8) is 0 Å². The van der Waals surface area contributed by atoms with Gasteiger partial charge in [-0.05, 0) is 31.2 Å². The van der Waals surface area contributed by atoms with Gasteiger partial charge in [0.15, 0.2) is 0 Å². The van der Waals surface area contributed by atoms with Gasteiger partial charge < -0.3 is 0 Å². The van der Waals surface area contributed by atoms with Gasteiger partial charge in [0.2, 0.25) is 0 Å². The number of carbonyl (C=O) groups excluding carboxylic acids is 1. The van der Waals surface area contributed by atoms with E-state index < -0.39 is 22.7 Å². The highest BCUT2D eigenvalue weighted by molar-refractivity contribution is 7.83. The summed E-state index contributed by atoms with van der Waals surface area (Å²) in [6, 6.07) is 8.73. The minimum absolute atomic E-state index is 0.0780. The van der Waals surface area contributed by atoms with Crippen molar-refractivity contribution in [2.45, 2.75) is 17.9 Å². The second-order valence-electron chi connectivity index (χ2n) is 4.18. The number of amides is 1. The molecule has 0 saturated carbocycles. The van der Waals surface area contributed by atoms with Gasteiger partial charge in [0.1, 0.15) is 16.8 Å². The van der Waals surface area contributed by atoms with Gasteiger partial charge in [-0.15, -0.1) is 11.3 Å². The van der Waals surface area contributed by atoms with Gasteiger partial charge in [-0.25, -0.2) is 18.8 Å². The Bertz CT molecular complexity index is 675. The third kappa shape index (κ3) is 3.73. The fourth-order valence-corrected chi connectivity index (χ4v) is 3.64. The lowest BCUT2D eigenvalue weighted by Crippen LogP contribution is -2.21. The summed E-state index contributed by atoms with van der Waals surface area (Å²) in [7, 11) is -1.70. The summed E-state index contributed by atoms with van der Waals surface area (Å²) in [5.41, 5.74) is 1.55. The minimum Gasteiger partial charge on any atom is -0.288 e. The standard InChI is InChI=1S/C13H13FN2O3S2/c1-8(10-6-7-11(20-10)13(17)15-18)16-21(19)12-5-3-2-4-9(12)14/h2-8,16,18H,1H3,(H,15,17). The fraction of sp³-hybridized carbons (Fsp3) is 0.154. The Hall–Kier alpha value is -1.61. The molecule has 2 unspecified atom stereocenters. The molecule has 2 rings (SSSR count). The summed E-state index contributed by atoms with van der Waals surface area (Å²) in [6.07, 6.45) is 0. The van der Waals surface area contributed by atoms with Crippen LogP contribution < -0.4 is 10.2 Å². The van der Waals surface area contributed by atoms with Crippen LogP contribution in [-0.2, 0) is 11.0 Å². The van der Waals surface area contributed by atoms with Crippen molar-refractivity contribution in [3.8, 4) is 0 Å². The second kappa shape index (κ2) is 6.90. The zero-order valence-electron chi connectivity index (χ0n) is 11.0. The summed E-state index contributed by atoms with van der Waals surface area (Å²) < 4.78 is 28.4. The Morgan fingerprint density at radius 1 is 1.33 bits per heavy atom. The van der Waals surface area contributed by atoms with Crippen molar-refractivity contribution in [1.29, 1.82) is 0 Å². The molecule has 1 aromatic heterocycles. The average molecular weight is 328 g/mol. The number of hydroxylamine groups is 1. The van der Waals surface area contributed by atoms with E-state index >= 15 is 0 Å². The summed E-state index contributed by atoms with van der Waals surface area (Å²) >= 11 is 1.15. The van der Waals surface area contributed by atoms with Crippen LogP contribution in [0.25, 0.3) is 0 Å². The van der Waals surface area contributed by atoms with E-state index in [-0.39, 0.29) is 10.9 Å². The van der Waals surface area contributed by atoms with Crippen molar-refractivity contribution in [2.75, 3.05) is 0 Å². The normalized spacial score (nSPS) is 13.7. The predicted octanol–water partition coefficient (Wildman–Crippen LogP) is 2.38. The molecular weight excluding hydrogens is 315 g/mol. The molecule has 0 radical (unpaired) electrons. The number of nitrogens with one attached hydrogen (secondary N) is 2. The van der Waals surface area contributed by atoms with Gasteiger partial charge in [0.05, 0.1) is 15.8 Å². The van der Waals surface area contributed by atoms with E-state index in [0.717, 1.165) is 16.2 Å². The lowest BCUT2D eigenvalue weighted by atomic mass is 10.3. The first-order valence-electron chi connectivity index (χ1n) is 5.99. The maximum atomic E-state index is 13.5. The van der Waals surface area contributed by atoms with E-state index in [0.29, 0.717) is 4.88 Å². The van der Waals surface area contributed by atoms with Crippen LogP contribution in [0.5, 0.6) is 0 Å². The number of hydrogen-bond acceptors (Lipinski definition) is 4. The molecule has 1 aromatic carbocycles. The number of carbonyl (C=O) groups is 1. The Kier molecular flexibility index (Phi) is 5.18. The van der Waals surface area contributed by atoms with Gasteiger partial charge in [-0.2, -0.15) is 0 Å². The molecule has 2 atom stereocenters. The molecule has 2 aromatic rings. The van der Waals surface area contributed by atoms with E-state index in [1.807, 2.05) is 0 Å². The molecule has 112 valence electrons. The van der Waals surface area contributed by atoms with Gasteiger partial charge in [-0.3, -0.25) is 10.0 Å². The van der Waals surface area contributed by atoms with Crippen LogP contribution in [0, 0.1) is 5.82 Å². The monoisotopic (exact) mass is 328 g/mol. The number of hydrogen-bond donors (Lipinski definition) is 3. The highest BCUT2D eigenvalue weighted by Crippen LogP contribution is 2.24. The molecule has 8 heteroatoms. The fourth-order valence-electron chi connectivity index (χ4n) is 1.64. The van der Waals surface area contributed by atoms with Crippen molar-refractivity contribution in [1.82, 2.24) is 10.2 Å². The molecule has 5 nitrogen and oxygen atoms in total. The Morgan fingerprint density at radius 3 is 2.71 bits per heavy atom. The molecule has 0 aliphatic carbocycles. The number of halogens is 1. The Labute approximate surface area is 127 Å². The average Bonchev–Trinajstić information content (AvgIpc) is 2.96. The smallest absolute Gasteiger partial charge is 0.284 e. The molecule has 0 aliphatic heterocycles. The zero-order valence-corrected chi connectivity index (χ0v) is 12.6. The Morgan fingerprint density at radius 2 is 2.05 bits per heavy atom. The Balaban J connectivity index is 2.09. The minimum atomic E-state index is -1.70. The first-order valence-corrected chi connectivity index (χ1v) is 7.96. The number of thiophene rings is 1. The second-order valence-corrected chi connectivity index (χ2v) is 6.51. The third-order valence-corrected chi connectivity index (χ3v) is 5.26. The first-order chi connectivity index (χ1) is 10.0. The zero-order chi connectivity index (χ0) is 15.4. The van der Waals surface area contributed by atoms with Gasteiger partial charge in [-0.1, -0.05) is 12.1 Å². The summed E-state index contributed by atoms with van der Waals surface area (Å²) in [5, 5.41) is 8.56. The topological polar surface area (TPSA) is 78.4 Å². The molecular formula is C13H13FN2O3S2. The molecule has 1 heterocycles. The van der Waals surface area contributed by atoms with E-state index in [1.165, 1.54) is 18.2 Å². The van der Waals surface area contributed by atoms with Gasteiger partial charge >= 0.3 is 0 Å². The molecule has 1 amide bonds. The van der Waals surface area contributed by atoms with Crippen LogP contribution in [0.15, 0.2) is 41.3 Å². The quantitative estimate of drug-likeness (QED) is 0.582. The summed E-state index contributed by atoms with van der Waals surface area (Å²) in [6.45, 7) is 1.76. The van der Waals surface area contributed by atoms with Crippen molar-refractivity contribution in [3.05, 3.63) is 52.0 Å². The number of rotatable bonds is 5. The molecule has 0 fully saturated rings. The summed E-state index contributed by atoms with van der Waals surface area (Å²) in [4.78, 5) is 12.4. The van der Waals surface area contributed by atoms with Crippen LogP contribution >= 0.6 is 11.3 Å². The van der Waals surface area contributed by atoms with Crippen LogP contribution in [0.1, 0.15) is 27.5 Å². The largest absolute Gasteiger partial charge is 0.288 e. The van der Waals surface area contributed by atoms with E-state index in [1.54, 1.807) is 30.6 Å². The molecule has 21 heavy (non-hydrogen) atoms. The first kappa shape index (κ1) is 15.8. The maximum Gasteiger partial charge on any atom is 0.284 e. The molecule has 3 N–H and O–H groups in total. The van der Waals surface area contributed by atoms with Crippen LogP contribution in [0.3, 0.4) is 0 Å². The van der Waals surface area contributed by atoms with Crippen molar-refractivity contribution < 1.29 is 18.6 Å². The highest BCUT2D eigenvalue weighted by atomic mass is 32.2.